The topological polar surface area (TPSA) is 64.1 Å². The van der Waals surface area contributed by atoms with Crippen LogP contribution in [0.2, 0.25) is 0 Å². The molecule has 0 spiro atoms. The van der Waals surface area contributed by atoms with Crippen LogP contribution in [0.5, 0.6) is 5.75 Å². The molecular weight excluding hydrogens is 365 g/mol. The van der Waals surface area contributed by atoms with Gasteiger partial charge in [-0.3, -0.25) is 14.8 Å². The standard InChI is InChI=1S/C20H16FN3O2S/c21-14-8-13-9-15(11-24-19(25)4-3-16-2-1-7-27-16)26-20(13)17(10-14)18-12-22-5-6-23-18/h1-8,10,12,15H,9,11H2,(H,24,25)/b4-3+/t15-/m1/s1. The van der Waals surface area contributed by atoms with Gasteiger partial charge >= 0.3 is 0 Å². The monoisotopic (exact) mass is 381 g/mol. The van der Waals surface area contributed by atoms with Crippen molar-refractivity contribution in [2.75, 3.05) is 6.54 Å². The number of nitrogens with zero attached hydrogens (tertiary/aromatic N) is 2. The molecule has 0 radical (unpaired) electrons. The van der Waals surface area contributed by atoms with Crippen molar-refractivity contribution in [2.45, 2.75) is 12.5 Å². The van der Waals surface area contributed by atoms with Crippen molar-refractivity contribution in [1.82, 2.24) is 15.3 Å². The summed E-state index contributed by atoms with van der Waals surface area (Å²) < 4.78 is 20.0. The number of rotatable bonds is 5. The van der Waals surface area contributed by atoms with Gasteiger partial charge in [0.15, 0.2) is 0 Å². The first kappa shape index (κ1) is 17.4. The minimum atomic E-state index is -0.346. The molecule has 1 aromatic carbocycles. The van der Waals surface area contributed by atoms with Crippen molar-refractivity contribution >= 4 is 23.3 Å². The molecule has 0 unspecified atom stereocenters. The van der Waals surface area contributed by atoms with Gasteiger partial charge in [-0.15, -0.1) is 11.3 Å². The second-order valence-corrected chi connectivity index (χ2v) is 7.05. The van der Waals surface area contributed by atoms with Gasteiger partial charge in [-0.25, -0.2) is 4.39 Å². The van der Waals surface area contributed by atoms with Crippen LogP contribution < -0.4 is 10.1 Å². The van der Waals surface area contributed by atoms with Gasteiger partial charge in [-0.2, -0.15) is 0 Å². The van der Waals surface area contributed by atoms with Gasteiger partial charge in [0.2, 0.25) is 5.91 Å². The van der Waals surface area contributed by atoms with Crippen LogP contribution in [0.25, 0.3) is 17.3 Å². The highest BCUT2D eigenvalue weighted by atomic mass is 32.1. The maximum Gasteiger partial charge on any atom is 0.244 e. The summed E-state index contributed by atoms with van der Waals surface area (Å²) in [5.74, 6) is 0.0649. The number of carbonyl (C=O) groups is 1. The number of aromatic nitrogens is 2. The smallest absolute Gasteiger partial charge is 0.244 e. The summed E-state index contributed by atoms with van der Waals surface area (Å²) in [6.07, 6.45) is 8.23. The van der Waals surface area contributed by atoms with Crippen LogP contribution in [0, 0.1) is 5.82 Å². The molecule has 0 aliphatic carbocycles. The summed E-state index contributed by atoms with van der Waals surface area (Å²) >= 11 is 1.56. The molecule has 3 heterocycles. The Kier molecular flexibility index (Phi) is 4.93. The van der Waals surface area contributed by atoms with Gasteiger partial charge in [0, 0.05) is 40.9 Å². The summed E-state index contributed by atoms with van der Waals surface area (Å²) in [4.78, 5) is 21.3. The molecule has 0 bridgehead atoms. The molecular formula is C20H16FN3O2S. The Morgan fingerprint density at radius 1 is 1.41 bits per heavy atom. The molecule has 2 aromatic heterocycles. The van der Waals surface area contributed by atoms with Crippen LogP contribution in [-0.4, -0.2) is 28.5 Å². The highest BCUT2D eigenvalue weighted by Crippen LogP contribution is 2.38. The number of fused-ring (bicyclic) bond motifs is 1. The van der Waals surface area contributed by atoms with E-state index >= 15 is 0 Å². The second-order valence-electron chi connectivity index (χ2n) is 6.07. The Morgan fingerprint density at radius 2 is 2.33 bits per heavy atom. The first-order chi connectivity index (χ1) is 13.2. The largest absolute Gasteiger partial charge is 0.487 e. The predicted molar refractivity (Wildman–Crippen MR) is 102 cm³/mol. The van der Waals surface area contributed by atoms with E-state index in [1.54, 1.807) is 36.0 Å². The second kappa shape index (κ2) is 7.67. The fourth-order valence-electron chi connectivity index (χ4n) is 2.95. The summed E-state index contributed by atoms with van der Waals surface area (Å²) in [5.41, 5.74) is 1.89. The molecule has 1 aliphatic rings. The van der Waals surface area contributed by atoms with Crippen molar-refractivity contribution in [3.8, 4) is 17.0 Å². The number of halogens is 1. The van der Waals surface area contributed by atoms with Crippen molar-refractivity contribution in [3.63, 3.8) is 0 Å². The van der Waals surface area contributed by atoms with Gasteiger partial charge in [-0.05, 0) is 29.7 Å². The Bertz CT molecular complexity index is 974. The molecule has 7 heteroatoms. The molecule has 4 rings (SSSR count). The molecule has 1 atom stereocenters. The van der Waals surface area contributed by atoms with Crippen LogP contribution in [0.3, 0.4) is 0 Å². The van der Waals surface area contributed by atoms with Gasteiger partial charge in [0.25, 0.3) is 0 Å². The number of amides is 1. The van der Waals surface area contributed by atoms with Gasteiger partial charge in [-0.1, -0.05) is 6.07 Å². The number of nitrogens with one attached hydrogen (secondary N) is 1. The molecule has 3 aromatic rings. The average molecular weight is 381 g/mol. The summed E-state index contributed by atoms with van der Waals surface area (Å²) in [6, 6.07) is 6.73. The third-order valence-corrected chi connectivity index (χ3v) is 4.99. The van der Waals surface area contributed by atoms with Crippen molar-refractivity contribution in [1.29, 1.82) is 0 Å². The molecule has 1 amide bonds. The first-order valence-corrected chi connectivity index (χ1v) is 9.32. The predicted octanol–water partition coefficient (Wildman–Crippen LogP) is 3.48. The van der Waals surface area contributed by atoms with E-state index in [1.165, 1.54) is 18.2 Å². The van der Waals surface area contributed by atoms with Crippen LogP contribution in [0.4, 0.5) is 4.39 Å². The molecule has 0 saturated heterocycles. The SMILES string of the molecule is O=C(/C=C/c1cccs1)NC[C@H]1Cc2cc(F)cc(-c3cnccn3)c2O1. The Labute approximate surface area is 159 Å². The number of carbonyl (C=O) groups excluding carboxylic acids is 1. The van der Waals surface area contributed by atoms with E-state index in [2.05, 4.69) is 15.3 Å². The van der Waals surface area contributed by atoms with Crippen LogP contribution in [0.15, 0.2) is 54.3 Å². The zero-order chi connectivity index (χ0) is 18.6. The summed E-state index contributed by atoms with van der Waals surface area (Å²) in [7, 11) is 0. The van der Waals surface area contributed by atoms with Gasteiger partial charge in [0.1, 0.15) is 17.7 Å². The van der Waals surface area contributed by atoms with Crippen LogP contribution in [0.1, 0.15) is 10.4 Å². The molecule has 136 valence electrons. The third kappa shape index (κ3) is 4.03. The van der Waals surface area contributed by atoms with E-state index in [0.717, 1.165) is 10.4 Å². The number of ether oxygens (including phenoxy) is 1. The maximum absolute atomic E-state index is 14.0. The lowest BCUT2D eigenvalue weighted by Gasteiger charge is -2.12. The van der Waals surface area contributed by atoms with E-state index in [4.69, 9.17) is 4.74 Å². The Morgan fingerprint density at radius 3 is 3.11 bits per heavy atom. The number of thiophene rings is 1. The zero-order valence-corrected chi connectivity index (χ0v) is 15.1. The van der Waals surface area contributed by atoms with E-state index in [-0.39, 0.29) is 17.8 Å². The maximum atomic E-state index is 14.0. The lowest BCUT2D eigenvalue weighted by Crippen LogP contribution is -2.33. The van der Waals surface area contributed by atoms with Crippen molar-refractivity contribution in [2.24, 2.45) is 0 Å². The van der Waals surface area contributed by atoms with Gasteiger partial charge in [0.05, 0.1) is 18.4 Å². The Hall–Kier alpha value is -3.06. The minimum absolute atomic E-state index is 0.191. The number of hydrogen-bond donors (Lipinski definition) is 1. The molecule has 1 N–H and O–H groups in total. The van der Waals surface area contributed by atoms with Crippen molar-refractivity contribution < 1.29 is 13.9 Å². The molecule has 1 aliphatic heterocycles. The summed E-state index contributed by atoms with van der Waals surface area (Å²) in [5, 5.41) is 4.78. The lowest BCUT2D eigenvalue weighted by atomic mass is 10.0. The fraction of sp³-hybridized carbons (Fsp3) is 0.150. The van der Waals surface area contributed by atoms with E-state index in [1.807, 2.05) is 17.5 Å². The molecule has 0 fully saturated rings. The molecule has 0 saturated carbocycles. The third-order valence-electron chi connectivity index (χ3n) is 4.15. The quantitative estimate of drug-likeness (QED) is 0.688. The highest BCUT2D eigenvalue weighted by molar-refractivity contribution is 7.10. The highest BCUT2D eigenvalue weighted by Gasteiger charge is 2.27. The van der Waals surface area contributed by atoms with Crippen LogP contribution >= 0.6 is 11.3 Å². The van der Waals surface area contributed by atoms with E-state index < -0.39 is 0 Å². The first-order valence-electron chi connectivity index (χ1n) is 8.44. The van der Waals surface area contributed by atoms with E-state index in [0.29, 0.717) is 30.0 Å². The summed E-state index contributed by atoms with van der Waals surface area (Å²) in [6.45, 7) is 0.337. The van der Waals surface area contributed by atoms with Crippen LogP contribution in [-0.2, 0) is 11.2 Å². The number of benzene rings is 1. The normalized spacial score (nSPS) is 15.5. The lowest BCUT2D eigenvalue weighted by molar-refractivity contribution is -0.116. The fourth-order valence-corrected chi connectivity index (χ4v) is 3.57. The molecule has 5 nitrogen and oxygen atoms in total. The zero-order valence-electron chi connectivity index (χ0n) is 14.3. The molecule has 27 heavy (non-hydrogen) atoms. The van der Waals surface area contributed by atoms with Crippen molar-refractivity contribution in [3.05, 3.63) is 70.6 Å². The van der Waals surface area contributed by atoms with Gasteiger partial charge < -0.3 is 10.1 Å². The Balaban J connectivity index is 1.43. The minimum Gasteiger partial charge on any atom is -0.487 e. The average Bonchev–Trinajstić information content (AvgIpc) is 3.34. The number of hydrogen-bond acceptors (Lipinski definition) is 5. The van der Waals surface area contributed by atoms with E-state index in [9.17, 15) is 9.18 Å².